The average Bonchev–Trinajstić information content (AvgIpc) is 3.16. The zero-order chi connectivity index (χ0) is 22.5. The number of piperazine rings is 1. The van der Waals surface area contributed by atoms with Crippen molar-refractivity contribution in [2.45, 2.75) is 45.1 Å². The smallest absolute Gasteiger partial charge is 0.242 e. The molecule has 2 N–H and O–H groups in total. The fourth-order valence-electron chi connectivity index (χ4n) is 7.02. The average molecular weight is 448 g/mol. The van der Waals surface area contributed by atoms with Crippen LogP contribution >= 0.6 is 0 Å². The Balaban J connectivity index is 1.06. The predicted molar refractivity (Wildman–Crippen MR) is 113 cm³/mol. The Morgan fingerprint density at radius 1 is 1.06 bits per heavy atom. The molecule has 1 heterocycles. The van der Waals surface area contributed by atoms with Gasteiger partial charge < -0.3 is 15.3 Å². The highest BCUT2D eigenvalue weighted by Crippen LogP contribution is 2.65. The molecule has 2 unspecified atom stereocenters. The summed E-state index contributed by atoms with van der Waals surface area (Å²) in [6, 6.07) is 1.79. The van der Waals surface area contributed by atoms with Crippen LogP contribution in [0.3, 0.4) is 0 Å². The van der Waals surface area contributed by atoms with Crippen molar-refractivity contribution in [3.8, 4) is 5.75 Å². The largest absolute Gasteiger partial charge is 0.505 e. The van der Waals surface area contributed by atoms with E-state index < -0.39 is 17.4 Å². The van der Waals surface area contributed by atoms with Gasteiger partial charge in [0.05, 0.1) is 6.54 Å². The van der Waals surface area contributed by atoms with Gasteiger partial charge in [0.1, 0.15) is 5.82 Å². The molecule has 4 bridgehead atoms. The first-order chi connectivity index (χ1) is 15.3. The second-order valence-corrected chi connectivity index (χ2v) is 10.5. The van der Waals surface area contributed by atoms with Gasteiger partial charge in [0.2, 0.25) is 11.8 Å². The second kappa shape index (κ2) is 8.28. The summed E-state index contributed by atoms with van der Waals surface area (Å²) in [4.78, 5) is 28.8. The molecule has 4 aliphatic carbocycles. The lowest BCUT2D eigenvalue weighted by atomic mass is 9.67. The number of rotatable bonds is 6. The van der Waals surface area contributed by atoms with Crippen molar-refractivity contribution < 1.29 is 23.5 Å². The molecular weight excluding hydrogens is 416 g/mol. The summed E-state index contributed by atoms with van der Waals surface area (Å²) in [6.45, 7) is 2.24. The molecule has 0 spiro atoms. The molecule has 4 saturated carbocycles. The molecule has 2 atom stereocenters. The van der Waals surface area contributed by atoms with E-state index in [1.165, 1.54) is 32.1 Å². The molecule has 8 heteroatoms. The molecule has 6 rings (SSSR count). The van der Waals surface area contributed by atoms with Crippen LogP contribution < -0.4 is 5.32 Å². The Kier molecular flexibility index (Phi) is 5.60. The van der Waals surface area contributed by atoms with E-state index in [1.807, 2.05) is 4.90 Å². The van der Waals surface area contributed by atoms with Gasteiger partial charge in [0, 0.05) is 50.8 Å². The van der Waals surface area contributed by atoms with E-state index in [0.717, 1.165) is 23.8 Å². The predicted octanol–water partition coefficient (Wildman–Crippen LogP) is 2.65. The van der Waals surface area contributed by atoms with Crippen LogP contribution in [-0.4, -0.2) is 59.4 Å². The maximum absolute atomic E-state index is 13.5. The molecular formula is C24H31F2N3O3. The fourth-order valence-corrected chi connectivity index (χ4v) is 7.02. The van der Waals surface area contributed by atoms with Crippen molar-refractivity contribution in [1.29, 1.82) is 0 Å². The van der Waals surface area contributed by atoms with Gasteiger partial charge >= 0.3 is 0 Å². The number of carbonyl (C=O) groups excluding carboxylic acids is 2. The van der Waals surface area contributed by atoms with Crippen LogP contribution in [0.1, 0.15) is 44.1 Å². The van der Waals surface area contributed by atoms with Crippen LogP contribution in [0.5, 0.6) is 5.75 Å². The van der Waals surface area contributed by atoms with Gasteiger partial charge in [-0.2, -0.15) is 0 Å². The molecule has 1 saturated heterocycles. The summed E-state index contributed by atoms with van der Waals surface area (Å²) in [6.07, 6.45) is 6.79. The highest BCUT2D eigenvalue weighted by molar-refractivity contribution is 5.85. The molecule has 0 radical (unpaired) electrons. The van der Waals surface area contributed by atoms with Crippen LogP contribution in [0.25, 0.3) is 0 Å². The van der Waals surface area contributed by atoms with Crippen LogP contribution in [0.4, 0.5) is 8.78 Å². The first-order valence-electron chi connectivity index (χ1n) is 11.7. The molecule has 6 nitrogen and oxygen atoms in total. The lowest BCUT2D eigenvalue weighted by Crippen LogP contribution is -2.51. The number of phenols is 1. The molecule has 5 fully saturated rings. The third kappa shape index (κ3) is 4.21. The SMILES string of the molecule is O=C(CC12CC3CC(C1)C(C3)C2)NCC(=O)N1CCN(Cc2cc(F)cc(F)c2O)CC1. The van der Waals surface area contributed by atoms with Gasteiger partial charge in [-0.1, -0.05) is 0 Å². The number of hydrogen-bond donors (Lipinski definition) is 2. The summed E-state index contributed by atoms with van der Waals surface area (Å²) in [5.41, 5.74) is 0.375. The molecule has 174 valence electrons. The molecule has 1 aromatic carbocycles. The van der Waals surface area contributed by atoms with E-state index in [-0.39, 0.29) is 35.9 Å². The Morgan fingerprint density at radius 2 is 1.75 bits per heavy atom. The summed E-state index contributed by atoms with van der Waals surface area (Å²) >= 11 is 0. The fraction of sp³-hybridized carbons (Fsp3) is 0.667. The molecule has 2 amide bonds. The molecule has 1 aliphatic heterocycles. The van der Waals surface area contributed by atoms with Gasteiger partial charge in [-0.3, -0.25) is 14.5 Å². The van der Waals surface area contributed by atoms with E-state index in [2.05, 4.69) is 5.32 Å². The number of halogens is 2. The van der Waals surface area contributed by atoms with Crippen molar-refractivity contribution in [2.24, 2.45) is 23.2 Å². The second-order valence-electron chi connectivity index (χ2n) is 10.5. The molecule has 0 aromatic heterocycles. The minimum absolute atomic E-state index is 0.0115. The lowest BCUT2D eigenvalue weighted by Gasteiger charge is -2.38. The number of amides is 2. The lowest BCUT2D eigenvalue weighted by molar-refractivity contribution is -0.135. The summed E-state index contributed by atoms with van der Waals surface area (Å²) < 4.78 is 27.0. The first kappa shape index (κ1) is 21.6. The highest BCUT2D eigenvalue weighted by atomic mass is 19.1. The number of hydrogen-bond acceptors (Lipinski definition) is 4. The molecule has 32 heavy (non-hydrogen) atoms. The van der Waals surface area contributed by atoms with E-state index in [4.69, 9.17) is 0 Å². The maximum Gasteiger partial charge on any atom is 0.242 e. The topological polar surface area (TPSA) is 72.9 Å². The van der Waals surface area contributed by atoms with Gasteiger partial charge in [-0.15, -0.1) is 0 Å². The summed E-state index contributed by atoms with van der Waals surface area (Å²) in [5, 5.41) is 12.7. The number of nitrogens with zero attached hydrogens (tertiary/aromatic N) is 2. The van der Waals surface area contributed by atoms with Crippen molar-refractivity contribution >= 4 is 11.8 Å². The standard InChI is InChI=1S/C24H31F2N3O3/c25-19-7-18(23(32)20(26)8-19)14-28-1-3-29(4-2-28)22(31)13-27-21(30)12-24-9-15-5-16(10-24)17(6-15)11-24/h7-8,15-17,32H,1-6,9-14H2,(H,27,30). The zero-order valence-corrected chi connectivity index (χ0v) is 18.3. The summed E-state index contributed by atoms with van der Waals surface area (Å²) in [5.74, 6) is 0.115. The highest BCUT2D eigenvalue weighted by Gasteiger charge is 2.56. The van der Waals surface area contributed by atoms with Crippen molar-refractivity contribution in [3.05, 3.63) is 29.3 Å². The minimum Gasteiger partial charge on any atom is -0.505 e. The molecule has 1 aromatic rings. The van der Waals surface area contributed by atoms with Crippen LogP contribution in [0.2, 0.25) is 0 Å². The number of benzene rings is 1. The Labute approximate surface area is 186 Å². The summed E-state index contributed by atoms with van der Waals surface area (Å²) in [7, 11) is 0. The van der Waals surface area contributed by atoms with E-state index in [1.54, 1.807) is 4.90 Å². The van der Waals surface area contributed by atoms with Crippen LogP contribution in [0, 0.1) is 34.8 Å². The number of phenolic OH excluding ortho intramolecular Hbond substituents is 1. The van der Waals surface area contributed by atoms with E-state index >= 15 is 0 Å². The minimum atomic E-state index is -0.970. The van der Waals surface area contributed by atoms with Crippen molar-refractivity contribution in [2.75, 3.05) is 32.7 Å². The molecule has 5 aliphatic rings. The Morgan fingerprint density at radius 3 is 2.41 bits per heavy atom. The van der Waals surface area contributed by atoms with Gasteiger partial charge in [0.25, 0.3) is 0 Å². The third-order valence-corrected chi connectivity index (χ3v) is 8.25. The Bertz CT molecular complexity index is 896. The van der Waals surface area contributed by atoms with E-state index in [0.29, 0.717) is 38.7 Å². The normalized spacial score (nSPS) is 31.3. The zero-order valence-electron chi connectivity index (χ0n) is 18.3. The monoisotopic (exact) mass is 447 g/mol. The van der Waals surface area contributed by atoms with Crippen molar-refractivity contribution in [1.82, 2.24) is 15.1 Å². The number of carbonyl (C=O) groups is 2. The maximum atomic E-state index is 13.5. The van der Waals surface area contributed by atoms with Crippen molar-refractivity contribution in [3.63, 3.8) is 0 Å². The van der Waals surface area contributed by atoms with Gasteiger partial charge in [-0.05, 0) is 61.3 Å². The third-order valence-electron chi connectivity index (χ3n) is 8.25. The first-order valence-corrected chi connectivity index (χ1v) is 11.7. The number of aromatic hydroxyl groups is 1. The van der Waals surface area contributed by atoms with E-state index in [9.17, 15) is 23.5 Å². The van der Waals surface area contributed by atoms with Crippen LogP contribution in [-0.2, 0) is 16.1 Å². The van der Waals surface area contributed by atoms with Gasteiger partial charge in [0.15, 0.2) is 11.6 Å². The van der Waals surface area contributed by atoms with Crippen LogP contribution in [0.15, 0.2) is 12.1 Å². The Hall–Kier alpha value is -2.22. The number of nitrogens with one attached hydrogen (secondary N) is 1. The quantitative estimate of drug-likeness (QED) is 0.703. The van der Waals surface area contributed by atoms with Gasteiger partial charge in [-0.25, -0.2) is 8.78 Å².